The zero-order valence-corrected chi connectivity index (χ0v) is 15.5. The summed E-state index contributed by atoms with van der Waals surface area (Å²) in [5.41, 5.74) is 11.8. The predicted molar refractivity (Wildman–Crippen MR) is 103 cm³/mol. The third kappa shape index (κ3) is 2.98. The van der Waals surface area contributed by atoms with Crippen LogP contribution in [0.25, 0.3) is 5.57 Å². The molecule has 0 fully saturated rings. The van der Waals surface area contributed by atoms with Crippen molar-refractivity contribution in [1.82, 2.24) is 4.90 Å². The molecule has 4 rings (SSSR count). The van der Waals surface area contributed by atoms with Gasteiger partial charge in [0.25, 0.3) is 0 Å². The molecular formula is C20H18Cl2N2O2. The van der Waals surface area contributed by atoms with Gasteiger partial charge in [-0.05, 0) is 64.9 Å². The van der Waals surface area contributed by atoms with Crippen LogP contribution in [0.3, 0.4) is 0 Å². The number of carbonyl (C=O) groups excluding carboxylic acids is 1. The van der Waals surface area contributed by atoms with Gasteiger partial charge in [-0.2, -0.15) is 0 Å². The van der Waals surface area contributed by atoms with E-state index in [9.17, 15) is 9.90 Å². The topological polar surface area (TPSA) is 66.6 Å². The Hall–Kier alpha value is -2.01. The second-order valence-electron chi connectivity index (χ2n) is 6.76. The standard InChI is InChI=1S/C20H18Cl2N2O2/c21-14-3-1-11-7-13-10-24(6-5-15(13)16(11)9-14)20(26)19(23)12-2-4-17(22)18(25)8-12/h1-4,8-9,19,25H,5-7,10,23H2. The van der Waals surface area contributed by atoms with Gasteiger partial charge in [-0.1, -0.05) is 35.3 Å². The summed E-state index contributed by atoms with van der Waals surface area (Å²) in [5, 5.41) is 10.7. The molecule has 2 aliphatic rings. The van der Waals surface area contributed by atoms with Gasteiger partial charge in [-0.15, -0.1) is 0 Å². The van der Waals surface area contributed by atoms with Crippen molar-refractivity contribution >= 4 is 34.7 Å². The van der Waals surface area contributed by atoms with Crippen LogP contribution >= 0.6 is 23.2 Å². The van der Waals surface area contributed by atoms with E-state index in [1.165, 1.54) is 28.3 Å². The number of hydrogen-bond donors (Lipinski definition) is 2. The molecule has 1 aliphatic heterocycles. The van der Waals surface area contributed by atoms with E-state index >= 15 is 0 Å². The molecule has 1 aliphatic carbocycles. The molecule has 0 saturated carbocycles. The number of rotatable bonds is 2. The van der Waals surface area contributed by atoms with Crippen molar-refractivity contribution in [2.24, 2.45) is 5.73 Å². The average Bonchev–Trinajstić information content (AvgIpc) is 2.99. The summed E-state index contributed by atoms with van der Waals surface area (Å²) in [6, 6.07) is 9.83. The third-order valence-corrected chi connectivity index (χ3v) is 5.70. The summed E-state index contributed by atoms with van der Waals surface area (Å²) in [6.07, 6.45) is 1.65. The maximum absolute atomic E-state index is 12.9. The Balaban J connectivity index is 1.53. The number of amides is 1. The lowest BCUT2D eigenvalue weighted by atomic mass is 9.98. The molecule has 1 atom stereocenters. The second-order valence-corrected chi connectivity index (χ2v) is 7.60. The van der Waals surface area contributed by atoms with Gasteiger partial charge < -0.3 is 15.7 Å². The Bertz CT molecular complexity index is 939. The molecule has 3 N–H and O–H groups in total. The van der Waals surface area contributed by atoms with Crippen LogP contribution < -0.4 is 5.73 Å². The van der Waals surface area contributed by atoms with Gasteiger partial charge >= 0.3 is 0 Å². The first-order valence-corrected chi connectivity index (χ1v) is 9.22. The van der Waals surface area contributed by atoms with Gasteiger partial charge in [-0.3, -0.25) is 4.79 Å². The number of benzene rings is 2. The highest BCUT2D eigenvalue weighted by Crippen LogP contribution is 2.39. The number of hydrogen-bond acceptors (Lipinski definition) is 3. The molecule has 0 bridgehead atoms. The molecule has 4 nitrogen and oxygen atoms in total. The Morgan fingerprint density at radius 3 is 2.77 bits per heavy atom. The van der Waals surface area contributed by atoms with Crippen LogP contribution in [-0.2, 0) is 11.2 Å². The van der Waals surface area contributed by atoms with Crippen molar-refractivity contribution < 1.29 is 9.90 Å². The molecule has 1 amide bonds. The maximum atomic E-state index is 12.9. The van der Waals surface area contributed by atoms with Crippen LogP contribution in [0, 0.1) is 0 Å². The molecule has 0 spiro atoms. The van der Waals surface area contributed by atoms with E-state index in [1.54, 1.807) is 17.0 Å². The lowest BCUT2D eigenvalue weighted by molar-refractivity contribution is -0.132. The number of fused-ring (bicyclic) bond motifs is 2. The predicted octanol–water partition coefficient (Wildman–Crippen LogP) is 3.94. The fourth-order valence-electron chi connectivity index (χ4n) is 3.78. The fourth-order valence-corrected chi connectivity index (χ4v) is 4.07. The van der Waals surface area contributed by atoms with E-state index in [4.69, 9.17) is 28.9 Å². The van der Waals surface area contributed by atoms with Crippen molar-refractivity contribution in [3.05, 3.63) is 68.7 Å². The first kappa shape index (κ1) is 17.4. The van der Waals surface area contributed by atoms with Crippen LogP contribution in [0.4, 0.5) is 0 Å². The Labute approximate surface area is 161 Å². The van der Waals surface area contributed by atoms with E-state index in [0.717, 1.165) is 17.9 Å². The SMILES string of the molecule is NC(C(=O)N1CCC2=C(Cc3ccc(Cl)cc32)C1)c1ccc(Cl)c(O)c1. The summed E-state index contributed by atoms with van der Waals surface area (Å²) < 4.78 is 0. The van der Waals surface area contributed by atoms with Crippen LogP contribution in [0.15, 0.2) is 42.0 Å². The Morgan fingerprint density at radius 1 is 1.19 bits per heavy atom. The van der Waals surface area contributed by atoms with Crippen molar-refractivity contribution in [2.45, 2.75) is 18.9 Å². The molecule has 0 aromatic heterocycles. The van der Waals surface area contributed by atoms with Crippen LogP contribution in [-0.4, -0.2) is 29.0 Å². The Morgan fingerprint density at radius 2 is 2.00 bits per heavy atom. The van der Waals surface area contributed by atoms with Gasteiger partial charge in [0.1, 0.15) is 11.8 Å². The van der Waals surface area contributed by atoms with E-state index in [-0.39, 0.29) is 16.7 Å². The summed E-state index contributed by atoms with van der Waals surface area (Å²) in [7, 11) is 0. The summed E-state index contributed by atoms with van der Waals surface area (Å²) >= 11 is 12.0. The van der Waals surface area contributed by atoms with Crippen molar-refractivity contribution in [3.8, 4) is 5.75 Å². The van der Waals surface area contributed by atoms with Crippen LogP contribution in [0.5, 0.6) is 5.75 Å². The zero-order valence-electron chi connectivity index (χ0n) is 14.0. The van der Waals surface area contributed by atoms with E-state index in [1.807, 2.05) is 12.1 Å². The average molecular weight is 389 g/mol. The van der Waals surface area contributed by atoms with Gasteiger partial charge in [0, 0.05) is 18.1 Å². The maximum Gasteiger partial charge on any atom is 0.244 e. The fraction of sp³-hybridized carbons (Fsp3) is 0.250. The second kappa shape index (κ2) is 6.62. The number of aromatic hydroxyl groups is 1. The van der Waals surface area contributed by atoms with Crippen molar-refractivity contribution in [2.75, 3.05) is 13.1 Å². The first-order valence-electron chi connectivity index (χ1n) is 8.46. The number of halogens is 2. The molecule has 1 unspecified atom stereocenters. The van der Waals surface area contributed by atoms with Gasteiger partial charge in [0.05, 0.1) is 5.02 Å². The molecule has 2 aromatic carbocycles. The van der Waals surface area contributed by atoms with Crippen molar-refractivity contribution in [1.29, 1.82) is 0 Å². The normalized spacial score (nSPS) is 17.1. The molecule has 2 aromatic rings. The molecule has 1 heterocycles. The van der Waals surface area contributed by atoms with Gasteiger partial charge in [-0.25, -0.2) is 0 Å². The minimum Gasteiger partial charge on any atom is -0.506 e. The lowest BCUT2D eigenvalue weighted by Crippen LogP contribution is -2.42. The van der Waals surface area contributed by atoms with Crippen LogP contribution in [0.1, 0.15) is 29.2 Å². The largest absolute Gasteiger partial charge is 0.506 e. The molecule has 26 heavy (non-hydrogen) atoms. The summed E-state index contributed by atoms with van der Waals surface area (Å²) in [4.78, 5) is 14.6. The Kier molecular flexibility index (Phi) is 4.43. The lowest BCUT2D eigenvalue weighted by Gasteiger charge is -2.31. The third-order valence-electron chi connectivity index (χ3n) is 5.15. The van der Waals surface area contributed by atoms with E-state index in [0.29, 0.717) is 18.7 Å². The minimum absolute atomic E-state index is 0.0702. The van der Waals surface area contributed by atoms with Gasteiger partial charge in [0.2, 0.25) is 5.91 Å². The molecular weight excluding hydrogens is 371 g/mol. The molecule has 0 saturated heterocycles. The first-order chi connectivity index (χ1) is 12.4. The quantitative estimate of drug-likeness (QED) is 0.818. The molecule has 0 radical (unpaired) electrons. The smallest absolute Gasteiger partial charge is 0.244 e. The summed E-state index contributed by atoms with van der Waals surface area (Å²) in [6.45, 7) is 1.20. The minimum atomic E-state index is -0.821. The highest BCUT2D eigenvalue weighted by molar-refractivity contribution is 6.32. The summed E-state index contributed by atoms with van der Waals surface area (Å²) in [5.74, 6) is -0.216. The number of nitrogens with zero attached hydrogens (tertiary/aromatic N) is 1. The van der Waals surface area contributed by atoms with E-state index in [2.05, 4.69) is 6.07 Å². The number of phenolic OH excluding ortho intramolecular Hbond substituents is 1. The van der Waals surface area contributed by atoms with Crippen molar-refractivity contribution in [3.63, 3.8) is 0 Å². The zero-order chi connectivity index (χ0) is 18.4. The monoisotopic (exact) mass is 388 g/mol. The highest BCUT2D eigenvalue weighted by atomic mass is 35.5. The van der Waals surface area contributed by atoms with Gasteiger partial charge in [0.15, 0.2) is 0 Å². The highest BCUT2D eigenvalue weighted by Gasteiger charge is 2.31. The molecule has 6 heteroatoms. The van der Waals surface area contributed by atoms with Crippen LogP contribution in [0.2, 0.25) is 10.0 Å². The van der Waals surface area contributed by atoms with E-state index < -0.39 is 6.04 Å². The number of carbonyl (C=O) groups is 1. The number of nitrogens with two attached hydrogens (primary N) is 1. The molecule has 134 valence electrons. The number of phenols is 1.